The third kappa shape index (κ3) is 13.1. The monoisotopic (exact) mass is 368 g/mol. The summed E-state index contributed by atoms with van der Waals surface area (Å²) in [4.78, 5) is 0. The van der Waals surface area contributed by atoms with E-state index in [9.17, 15) is 5.11 Å². The summed E-state index contributed by atoms with van der Waals surface area (Å²) in [6.45, 7) is 4.76. The van der Waals surface area contributed by atoms with Gasteiger partial charge in [0, 0.05) is 19.7 Å². The van der Waals surface area contributed by atoms with Crippen molar-refractivity contribution < 1.29 is 5.11 Å². The molecule has 3 N–H and O–H groups in total. The van der Waals surface area contributed by atoms with E-state index in [1.54, 1.807) is 0 Å². The van der Waals surface area contributed by atoms with Crippen molar-refractivity contribution in [1.29, 1.82) is 0 Å². The zero-order valence-corrected chi connectivity index (χ0v) is 17.7. The summed E-state index contributed by atoms with van der Waals surface area (Å²) in [5, 5.41) is 16.3. The van der Waals surface area contributed by atoms with E-state index in [4.69, 9.17) is 0 Å². The van der Waals surface area contributed by atoms with E-state index in [1.807, 2.05) is 0 Å². The van der Waals surface area contributed by atoms with Crippen LogP contribution in [0.15, 0.2) is 0 Å². The van der Waals surface area contributed by atoms with Gasteiger partial charge in [-0.1, -0.05) is 103 Å². The van der Waals surface area contributed by atoms with Crippen molar-refractivity contribution >= 4 is 0 Å². The number of unbranched alkanes of at least 4 members (excludes halogenated alkanes) is 14. The summed E-state index contributed by atoms with van der Waals surface area (Å²) < 4.78 is 0. The molecule has 0 aromatic rings. The van der Waals surface area contributed by atoms with Crippen molar-refractivity contribution in [3.05, 3.63) is 0 Å². The summed E-state index contributed by atoms with van der Waals surface area (Å²) in [6, 6.07) is 0. The molecule has 0 saturated carbocycles. The number of hydrogen-bond acceptors (Lipinski definition) is 3. The Balaban J connectivity index is 1.80. The molecule has 1 saturated heterocycles. The molecule has 0 radical (unpaired) electrons. The Morgan fingerprint density at radius 2 is 1.08 bits per heavy atom. The van der Waals surface area contributed by atoms with Crippen molar-refractivity contribution in [2.75, 3.05) is 19.7 Å². The average molecular weight is 369 g/mol. The summed E-state index contributed by atoms with van der Waals surface area (Å²) in [5.74, 6) is 0.601. The minimum absolute atomic E-state index is 0.323. The van der Waals surface area contributed by atoms with E-state index >= 15 is 0 Å². The van der Waals surface area contributed by atoms with Crippen LogP contribution in [0.5, 0.6) is 0 Å². The molecule has 1 aliphatic heterocycles. The molecule has 3 heteroatoms. The van der Waals surface area contributed by atoms with Crippen LogP contribution in [0.4, 0.5) is 0 Å². The fourth-order valence-corrected chi connectivity index (χ4v) is 4.28. The van der Waals surface area contributed by atoms with Crippen LogP contribution >= 0.6 is 0 Å². The number of nitrogens with one attached hydrogen (secondary N) is 2. The highest BCUT2D eigenvalue weighted by atomic mass is 16.3. The van der Waals surface area contributed by atoms with Gasteiger partial charge in [0.25, 0.3) is 0 Å². The molecule has 156 valence electrons. The van der Waals surface area contributed by atoms with Crippen LogP contribution in [0, 0.1) is 5.92 Å². The molecule has 1 heterocycles. The van der Waals surface area contributed by atoms with Gasteiger partial charge in [-0.15, -0.1) is 0 Å². The van der Waals surface area contributed by atoms with Crippen molar-refractivity contribution in [3.8, 4) is 0 Å². The Hall–Kier alpha value is -0.120. The van der Waals surface area contributed by atoms with Crippen LogP contribution < -0.4 is 10.6 Å². The predicted molar refractivity (Wildman–Crippen MR) is 115 cm³/mol. The molecular weight excluding hydrogens is 320 g/mol. The van der Waals surface area contributed by atoms with Gasteiger partial charge in [0.2, 0.25) is 0 Å². The third-order valence-corrected chi connectivity index (χ3v) is 6.00. The van der Waals surface area contributed by atoms with E-state index < -0.39 is 0 Å². The highest BCUT2D eigenvalue weighted by molar-refractivity contribution is 4.80. The van der Waals surface area contributed by atoms with Crippen molar-refractivity contribution in [2.24, 2.45) is 5.92 Å². The van der Waals surface area contributed by atoms with E-state index in [0.29, 0.717) is 18.7 Å². The fourth-order valence-electron chi connectivity index (χ4n) is 4.28. The lowest BCUT2D eigenvalue weighted by atomic mass is 9.94. The lowest BCUT2D eigenvalue weighted by Crippen LogP contribution is -2.39. The second-order valence-corrected chi connectivity index (χ2v) is 8.40. The molecule has 0 aromatic heterocycles. The summed E-state index contributed by atoms with van der Waals surface area (Å²) in [7, 11) is 0. The van der Waals surface area contributed by atoms with Crippen LogP contribution in [-0.2, 0) is 0 Å². The van der Waals surface area contributed by atoms with Crippen LogP contribution in [0.25, 0.3) is 0 Å². The van der Waals surface area contributed by atoms with Gasteiger partial charge in [-0.2, -0.15) is 0 Å². The van der Waals surface area contributed by atoms with Crippen LogP contribution in [0.3, 0.4) is 0 Å². The minimum Gasteiger partial charge on any atom is -0.396 e. The number of aliphatic hydroxyl groups is 1. The van der Waals surface area contributed by atoms with E-state index in [-0.39, 0.29) is 0 Å². The van der Waals surface area contributed by atoms with Crippen LogP contribution in [0.1, 0.15) is 116 Å². The molecule has 1 rings (SSSR count). The van der Waals surface area contributed by atoms with E-state index in [2.05, 4.69) is 17.6 Å². The summed E-state index contributed by atoms with van der Waals surface area (Å²) >= 11 is 0. The van der Waals surface area contributed by atoms with Gasteiger partial charge >= 0.3 is 0 Å². The number of aliphatic hydroxyl groups excluding tert-OH is 1. The average Bonchev–Trinajstić information content (AvgIpc) is 3.18. The zero-order valence-electron chi connectivity index (χ0n) is 17.7. The van der Waals surface area contributed by atoms with Gasteiger partial charge in [0.15, 0.2) is 0 Å². The number of rotatable bonds is 19. The van der Waals surface area contributed by atoms with Crippen LogP contribution in [0.2, 0.25) is 0 Å². The van der Waals surface area contributed by atoms with Crippen molar-refractivity contribution in [3.63, 3.8) is 0 Å². The minimum atomic E-state index is 0.323. The molecule has 1 aliphatic rings. The Labute approximate surface area is 164 Å². The molecule has 1 atom stereocenters. The first-order chi connectivity index (χ1) is 12.9. The first kappa shape index (κ1) is 23.9. The van der Waals surface area contributed by atoms with Gasteiger partial charge in [0.05, 0.1) is 6.17 Å². The van der Waals surface area contributed by atoms with Gasteiger partial charge in [-0.25, -0.2) is 0 Å². The maximum atomic E-state index is 9.27. The normalized spacial score (nSPS) is 16.4. The van der Waals surface area contributed by atoms with Gasteiger partial charge in [0.1, 0.15) is 0 Å². The quantitative estimate of drug-likeness (QED) is 0.254. The standard InChI is InChI=1S/C23H48N2O/c1-2-3-4-5-6-7-8-9-10-11-12-13-14-15-16-17-22(18-21-26)23-24-19-20-25-23/h22-26H,2-21H2,1H3. The second-order valence-electron chi connectivity index (χ2n) is 8.40. The lowest BCUT2D eigenvalue weighted by Gasteiger charge is -2.23. The molecule has 0 spiro atoms. The fraction of sp³-hybridized carbons (Fsp3) is 1.00. The second kappa shape index (κ2) is 18.3. The van der Waals surface area contributed by atoms with E-state index in [0.717, 1.165) is 19.5 Å². The molecule has 1 fully saturated rings. The first-order valence-corrected chi connectivity index (χ1v) is 12.0. The lowest BCUT2D eigenvalue weighted by molar-refractivity contribution is 0.219. The molecule has 3 nitrogen and oxygen atoms in total. The molecule has 1 unspecified atom stereocenters. The Morgan fingerprint density at radius 3 is 1.50 bits per heavy atom. The highest BCUT2D eigenvalue weighted by Crippen LogP contribution is 2.19. The Morgan fingerprint density at radius 1 is 0.654 bits per heavy atom. The number of hydrogen-bond donors (Lipinski definition) is 3. The summed E-state index contributed by atoms with van der Waals surface area (Å²) in [5.41, 5.74) is 0. The van der Waals surface area contributed by atoms with Gasteiger partial charge < -0.3 is 15.7 Å². The Bertz CT molecular complexity index is 279. The maximum absolute atomic E-state index is 9.27. The molecule has 0 amide bonds. The predicted octanol–water partition coefficient (Wildman–Crippen LogP) is 5.77. The van der Waals surface area contributed by atoms with E-state index in [1.165, 1.54) is 103 Å². The first-order valence-electron chi connectivity index (χ1n) is 12.0. The topological polar surface area (TPSA) is 44.3 Å². The Kier molecular flexibility index (Phi) is 16.8. The van der Waals surface area contributed by atoms with Gasteiger partial charge in [-0.05, 0) is 18.8 Å². The highest BCUT2D eigenvalue weighted by Gasteiger charge is 2.22. The van der Waals surface area contributed by atoms with Crippen LogP contribution in [-0.4, -0.2) is 31.0 Å². The zero-order chi connectivity index (χ0) is 18.7. The largest absolute Gasteiger partial charge is 0.396 e. The summed E-state index contributed by atoms with van der Waals surface area (Å²) in [6.07, 6.45) is 24.0. The van der Waals surface area contributed by atoms with Gasteiger partial charge in [-0.3, -0.25) is 0 Å². The SMILES string of the molecule is CCCCCCCCCCCCCCCCCC(CCO)C1NCCN1. The molecule has 0 bridgehead atoms. The molecular formula is C23H48N2O. The molecule has 26 heavy (non-hydrogen) atoms. The molecule has 0 aromatic carbocycles. The van der Waals surface area contributed by atoms with Crippen molar-refractivity contribution in [2.45, 2.75) is 122 Å². The molecule has 0 aliphatic carbocycles. The third-order valence-electron chi connectivity index (χ3n) is 6.00. The maximum Gasteiger partial charge on any atom is 0.0602 e. The smallest absolute Gasteiger partial charge is 0.0602 e. The van der Waals surface area contributed by atoms with Crippen molar-refractivity contribution in [1.82, 2.24) is 10.6 Å².